The second-order valence-corrected chi connectivity index (χ2v) is 7.42. The van der Waals surface area contributed by atoms with Crippen LogP contribution in [0, 0.1) is 0 Å². The summed E-state index contributed by atoms with van der Waals surface area (Å²) in [6.45, 7) is 1.26. The van der Waals surface area contributed by atoms with Gasteiger partial charge in [0.05, 0.1) is 23.5 Å². The van der Waals surface area contributed by atoms with Gasteiger partial charge in [0.1, 0.15) is 12.3 Å². The molecule has 0 amide bonds. The van der Waals surface area contributed by atoms with Crippen LogP contribution in [-0.2, 0) is 11.3 Å². The molecule has 0 atom stereocenters. The first-order chi connectivity index (χ1) is 15.2. The first kappa shape index (κ1) is 19.1. The lowest BCUT2D eigenvalue weighted by atomic mass is 10.1. The van der Waals surface area contributed by atoms with Gasteiger partial charge in [-0.2, -0.15) is 0 Å². The van der Waals surface area contributed by atoms with Crippen LogP contribution in [0.3, 0.4) is 0 Å². The fourth-order valence-electron chi connectivity index (χ4n) is 4.03. The van der Waals surface area contributed by atoms with Crippen molar-refractivity contribution in [3.63, 3.8) is 0 Å². The van der Waals surface area contributed by atoms with Crippen molar-refractivity contribution in [3.8, 4) is 17.2 Å². The molecule has 6 heteroatoms. The van der Waals surface area contributed by atoms with Crippen LogP contribution in [0.1, 0.15) is 6.42 Å². The second kappa shape index (κ2) is 8.07. The number of rotatable bonds is 7. The van der Waals surface area contributed by atoms with E-state index in [-0.39, 0.29) is 6.54 Å². The molecule has 3 aromatic carbocycles. The zero-order chi connectivity index (χ0) is 21.2. The van der Waals surface area contributed by atoms with E-state index in [1.54, 1.807) is 10.8 Å². The van der Waals surface area contributed by atoms with Gasteiger partial charge in [0.2, 0.25) is 0 Å². The van der Waals surface area contributed by atoms with Crippen LogP contribution < -0.4 is 14.4 Å². The van der Waals surface area contributed by atoms with Gasteiger partial charge in [0.25, 0.3) is 0 Å². The van der Waals surface area contributed by atoms with Crippen molar-refractivity contribution in [2.24, 2.45) is 0 Å². The number of carboxylic acid groups (broad SMARTS) is 1. The number of hydrogen-bond acceptors (Lipinski definition) is 4. The van der Waals surface area contributed by atoms with Crippen molar-refractivity contribution >= 4 is 28.2 Å². The van der Waals surface area contributed by atoms with Gasteiger partial charge in [-0.25, -0.2) is 0 Å². The van der Waals surface area contributed by atoms with Crippen LogP contribution in [0.2, 0.25) is 0 Å². The summed E-state index contributed by atoms with van der Waals surface area (Å²) in [7, 11) is 0. The van der Waals surface area contributed by atoms with Crippen molar-refractivity contribution in [3.05, 3.63) is 79.0 Å². The molecule has 4 aromatic rings. The van der Waals surface area contributed by atoms with E-state index in [1.165, 1.54) is 0 Å². The van der Waals surface area contributed by atoms with E-state index in [9.17, 15) is 4.79 Å². The first-order valence-corrected chi connectivity index (χ1v) is 10.3. The smallest absolute Gasteiger partial charge is 0.323 e. The number of anilines is 2. The number of fused-ring (bicyclic) bond motifs is 3. The monoisotopic (exact) mass is 414 g/mol. The molecule has 0 spiro atoms. The van der Waals surface area contributed by atoms with E-state index < -0.39 is 5.97 Å². The molecule has 31 heavy (non-hydrogen) atoms. The molecule has 1 aliphatic heterocycles. The largest absolute Gasteiger partial charge is 0.493 e. The fourth-order valence-corrected chi connectivity index (χ4v) is 4.03. The van der Waals surface area contributed by atoms with Crippen molar-refractivity contribution in [2.45, 2.75) is 13.0 Å². The minimum atomic E-state index is -0.866. The molecule has 0 saturated carbocycles. The summed E-state index contributed by atoms with van der Waals surface area (Å²) < 4.78 is 13.8. The molecule has 0 unspecified atom stereocenters. The Hall–Kier alpha value is -3.93. The number of ether oxygens (including phenoxy) is 2. The van der Waals surface area contributed by atoms with Crippen LogP contribution in [0.15, 0.2) is 79.0 Å². The number of aliphatic carboxylic acids is 1. The number of aromatic nitrogens is 1. The van der Waals surface area contributed by atoms with Crippen LogP contribution in [0.4, 0.5) is 11.4 Å². The highest BCUT2D eigenvalue weighted by molar-refractivity contribution is 5.87. The summed E-state index contributed by atoms with van der Waals surface area (Å²) in [4.78, 5) is 13.3. The molecule has 156 valence electrons. The Morgan fingerprint density at radius 2 is 1.61 bits per heavy atom. The number of nitrogens with zero attached hydrogens (tertiary/aromatic N) is 2. The molecule has 0 saturated heterocycles. The molecule has 0 bridgehead atoms. The number of hydrogen-bond donors (Lipinski definition) is 1. The van der Waals surface area contributed by atoms with E-state index >= 15 is 0 Å². The molecule has 2 heterocycles. The number of benzene rings is 3. The number of carbonyl (C=O) groups is 1. The molecule has 1 aromatic heterocycles. The van der Waals surface area contributed by atoms with Crippen LogP contribution >= 0.6 is 0 Å². The van der Waals surface area contributed by atoms with Gasteiger partial charge in [-0.15, -0.1) is 0 Å². The molecule has 1 N–H and O–H groups in total. The third kappa shape index (κ3) is 3.68. The van der Waals surface area contributed by atoms with Crippen LogP contribution in [0.5, 0.6) is 17.2 Å². The summed E-state index contributed by atoms with van der Waals surface area (Å²) in [6, 6.07) is 23.7. The van der Waals surface area contributed by atoms with Gasteiger partial charge in [0.15, 0.2) is 11.5 Å². The lowest BCUT2D eigenvalue weighted by Gasteiger charge is -2.32. The van der Waals surface area contributed by atoms with E-state index in [0.717, 1.165) is 52.5 Å². The first-order valence-electron chi connectivity index (χ1n) is 10.3. The SMILES string of the molecule is O=C(O)Cn1ccc2c(OCCCN3c4ccccc4Oc4ccccc43)cccc21. The average Bonchev–Trinajstić information content (AvgIpc) is 3.19. The van der Waals surface area contributed by atoms with Gasteiger partial charge in [-0.3, -0.25) is 4.79 Å². The van der Waals surface area contributed by atoms with Crippen molar-refractivity contribution in [2.75, 3.05) is 18.1 Å². The van der Waals surface area contributed by atoms with Gasteiger partial charge in [0, 0.05) is 18.1 Å². The van der Waals surface area contributed by atoms with Crippen molar-refractivity contribution in [1.29, 1.82) is 0 Å². The maximum Gasteiger partial charge on any atom is 0.323 e. The molecule has 0 radical (unpaired) electrons. The zero-order valence-corrected chi connectivity index (χ0v) is 16.9. The zero-order valence-electron chi connectivity index (χ0n) is 16.9. The topological polar surface area (TPSA) is 63.9 Å². The standard InChI is InChI=1S/C25H22N2O4/c28-25(29)17-26-15-13-18-19(26)9-5-12-22(18)30-16-6-14-27-20-7-1-3-10-23(20)31-24-11-4-2-8-21(24)27/h1-5,7-13,15H,6,14,16-17H2,(H,28,29). The summed E-state index contributed by atoms with van der Waals surface area (Å²) in [5.74, 6) is 1.61. The normalized spacial score (nSPS) is 12.2. The van der Waals surface area contributed by atoms with Gasteiger partial charge in [-0.1, -0.05) is 30.3 Å². The van der Waals surface area contributed by atoms with E-state index in [1.807, 2.05) is 60.7 Å². The summed E-state index contributed by atoms with van der Waals surface area (Å²) in [5.41, 5.74) is 2.96. The Bertz CT molecular complexity index is 1200. The van der Waals surface area contributed by atoms with E-state index in [2.05, 4.69) is 17.0 Å². The summed E-state index contributed by atoms with van der Waals surface area (Å²) in [5, 5.41) is 10.0. The molecule has 6 nitrogen and oxygen atoms in total. The predicted octanol–water partition coefficient (Wildman–Crippen LogP) is 5.44. The number of para-hydroxylation sites is 4. The maximum atomic E-state index is 11.1. The molecule has 5 rings (SSSR count). The third-order valence-corrected chi connectivity index (χ3v) is 5.39. The molecule has 1 aliphatic rings. The number of carboxylic acids is 1. The summed E-state index contributed by atoms with van der Waals surface area (Å²) >= 11 is 0. The van der Waals surface area contributed by atoms with Gasteiger partial charge < -0.3 is 24.0 Å². The van der Waals surface area contributed by atoms with E-state index in [4.69, 9.17) is 14.6 Å². The predicted molar refractivity (Wildman–Crippen MR) is 120 cm³/mol. The Morgan fingerprint density at radius 1 is 0.903 bits per heavy atom. The van der Waals surface area contributed by atoms with Crippen LogP contribution in [0.25, 0.3) is 10.9 Å². The van der Waals surface area contributed by atoms with Gasteiger partial charge >= 0.3 is 5.97 Å². The highest BCUT2D eigenvalue weighted by Gasteiger charge is 2.23. The van der Waals surface area contributed by atoms with Crippen molar-refractivity contribution < 1.29 is 19.4 Å². The Labute approximate surface area is 179 Å². The highest BCUT2D eigenvalue weighted by atomic mass is 16.5. The van der Waals surface area contributed by atoms with Crippen molar-refractivity contribution in [1.82, 2.24) is 4.57 Å². The quantitative estimate of drug-likeness (QED) is 0.408. The summed E-state index contributed by atoms with van der Waals surface area (Å²) in [6.07, 6.45) is 2.60. The Balaban J connectivity index is 1.30. The molecule has 0 aliphatic carbocycles. The van der Waals surface area contributed by atoms with Crippen LogP contribution in [-0.4, -0.2) is 28.8 Å². The minimum absolute atomic E-state index is 0.0667. The van der Waals surface area contributed by atoms with Gasteiger partial charge in [-0.05, 0) is 48.9 Å². The minimum Gasteiger partial charge on any atom is -0.493 e. The molecular formula is C25H22N2O4. The lowest BCUT2D eigenvalue weighted by Crippen LogP contribution is -2.23. The molecule has 0 fully saturated rings. The third-order valence-electron chi connectivity index (χ3n) is 5.39. The highest BCUT2D eigenvalue weighted by Crippen LogP contribution is 2.46. The Morgan fingerprint density at radius 3 is 2.32 bits per heavy atom. The fraction of sp³-hybridized carbons (Fsp3) is 0.160. The Kier molecular flexibility index (Phi) is 4.96. The van der Waals surface area contributed by atoms with E-state index in [0.29, 0.717) is 6.61 Å². The lowest BCUT2D eigenvalue weighted by molar-refractivity contribution is -0.137. The second-order valence-electron chi connectivity index (χ2n) is 7.42. The maximum absolute atomic E-state index is 11.1. The molecular weight excluding hydrogens is 392 g/mol. The average molecular weight is 414 g/mol.